The van der Waals surface area contributed by atoms with Crippen LogP contribution >= 0.6 is 23.2 Å². The van der Waals surface area contributed by atoms with Crippen molar-refractivity contribution in [3.05, 3.63) is 39.5 Å². The first kappa shape index (κ1) is 28.3. The fraction of sp³-hybridized carbons (Fsp3) is 0.444. The lowest BCUT2D eigenvalue weighted by atomic mass is 10.2. The molecule has 0 fully saturated rings. The van der Waals surface area contributed by atoms with Crippen molar-refractivity contribution in [1.29, 1.82) is 5.26 Å². The van der Waals surface area contributed by atoms with Gasteiger partial charge in [-0.05, 0) is 12.1 Å². The second-order valence-corrected chi connectivity index (χ2v) is 8.92. The molecule has 0 bridgehead atoms. The molecule has 0 radical (unpaired) electrons. The standard InChI is InChI=1S/C18H17Cl2F6N5O2S/c1-32-5-3-30(4-6-33-2)34(18(24,25)26)29-15-9-12(10-27)28-31(15)16-13(19)7-11(8-14(16)20)17(21,22)23/h7-9H,3-6H2,1-2H3. The average molecular weight is 552 g/mol. The summed E-state index contributed by atoms with van der Waals surface area (Å²) < 4.78 is 96.4. The molecule has 0 saturated carbocycles. The topological polar surface area (TPSA) is 75.7 Å². The van der Waals surface area contributed by atoms with Gasteiger partial charge >= 0.3 is 11.7 Å². The third-order valence-electron chi connectivity index (χ3n) is 4.08. The number of halogens is 8. The number of benzene rings is 1. The molecule has 1 aromatic carbocycles. The van der Waals surface area contributed by atoms with Gasteiger partial charge in [0.1, 0.15) is 11.8 Å². The van der Waals surface area contributed by atoms with Crippen LogP contribution in [0, 0.1) is 11.3 Å². The lowest BCUT2D eigenvalue weighted by molar-refractivity contribution is -0.137. The predicted molar refractivity (Wildman–Crippen MR) is 114 cm³/mol. The second kappa shape index (κ2) is 11.7. The Hall–Kier alpha value is -1.89. The van der Waals surface area contributed by atoms with E-state index in [0.29, 0.717) is 16.8 Å². The Morgan fingerprint density at radius 1 is 1.06 bits per heavy atom. The molecule has 1 aromatic heterocycles. The van der Waals surface area contributed by atoms with Crippen LogP contribution in [0.25, 0.3) is 5.69 Å². The SMILES string of the molecule is COCCN(CCOC)S(=Nc1cc(C#N)nn1-c1c(Cl)cc(C(F)(F)F)cc1Cl)C(F)(F)F. The van der Waals surface area contributed by atoms with Crippen molar-refractivity contribution in [2.45, 2.75) is 11.7 Å². The number of ether oxygens (including phenoxy) is 2. The van der Waals surface area contributed by atoms with E-state index >= 15 is 0 Å². The maximum atomic E-state index is 14.0. The Morgan fingerprint density at radius 3 is 2.00 bits per heavy atom. The van der Waals surface area contributed by atoms with Crippen LogP contribution in [0.4, 0.5) is 32.2 Å². The van der Waals surface area contributed by atoms with E-state index in [-0.39, 0.29) is 37.7 Å². The molecule has 0 spiro atoms. The molecule has 1 atom stereocenters. The minimum Gasteiger partial charge on any atom is -0.383 e. The van der Waals surface area contributed by atoms with Gasteiger partial charge in [0.25, 0.3) is 0 Å². The fourth-order valence-electron chi connectivity index (χ4n) is 2.60. The third kappa shape index (κ3) is 7.06. The number of hydrogen-bond donors (Lipinski definition) is 0. The van der Waals surface area contributed by atoms with Crippen molar-refractivity contribution in [2.24, 2.45) is 4.36 Å². The van der Waals surface area contributed by atoms with Crippen LogP contribution in [0.1, 0.15) is 11.3 Å². The Bertz CT molecular complexity index is 1050. The lowest BCUT2D eigenvalue weighted by Gasteiger charge is -2.25. The number of hydrogen-bond acceptors (Lipinski definition) is 5. The van der Waals surface area contributed by atoms with E-state index in [1.165, 1.54) is 14.2 Å². The number of aromatic nitrogens is 2. The lowest BCUT2D eigenvalue weighted by Crippen LogP contribution is -2.39. The van der Waals surface area contributed by atoms with Gasteiger partial charge in [0.2, 0.25) is 0 Å². The molecule has 0 aliphatic carbocycles. The summed E-state index contributed by atoms with van der Waals surface area (Å²) in [5, 5.41) is 11.9. The van der Waals surface area contributed by atoms with Crippen molar-refractivity contribution in [1.82, 2.24) is 14.1 Å². The van der Waals surface area contributed by atoms with Crippen LogP contribution in [0.15, 0.2) is 22.6 Å². The van der Waals surface area contributed by atoms with Crippen molar-refractivity contribution in [2.75, 3.05) is 40.5 Å². The molecule has 7 nitrogen and oxygen atoms in total. The number of alkyl halides is 6. The Kier molecular flexibility index (Phi) is 9.75. The normalized spacial score (nSPS) is 13.5. The van der Waals surface area contributed by atoms with Gasteiger partial charge < -0.3 is 9.47 Å². The van der Waals surface area contributed by atoms with Crippen LogP contribution in [0.5, 0.6) is 0 Å². The van der Waals surface area contributed by atoms with Crippen LogP contribution in [-0.4, -0.2) is 60.1 Å². The summed E-state index contributed by atoms with van der Waals surface area (Å²) in [6, 6.07) is 3.70. The molecule has 16 heteroatoms. The van der Waals surface area contributed by atoms with Crippen LogP contribution in [0.3, 0.4) is 0 Å². The largest absolute Gasteiger partial charge is 0.466 e. The fourth-order valence-corrected chi connectivity index (χ4v) is 4.56. The third-order valence-corrected chi connectivity index (χ3v) is 6.29. The Morgan fingerprint density at radius 2 is 1.59 bits per heavy atom. The van der Waals surface area contributed by atoms with Crippen LogP contribution < -0.4 is 0 Å². The molecule has 0 aliphatic heterocycles. The second-order valence-electron chi connectivity index (χ2n) is 6.41. The molecule has 0 amide bonds. The minimum absolute atomic E-state index is 0.0436. The van der Waals surface area contributed by atoms with E-state index in [2.05, 4.69) is 9.46 Å². The van der Waals surface area contributed by atoms with E-state index in [1.54, 1.807) is 6.07 Å². The molecule has 2 aromatic rings. The summed E-state index contributed by atoms with van der Waals surface area (Å²) in [4.78, 5) is 0. The summed E-state index contributed by atoms with van der Waals surface area (Å²) >= 11 is 12.0. The predicted octanol–water partition coefficient (Wildman–Crippen LogP) is 5.53. The van der Waals surface area contributed by atoms with Gasteiger partial charge in [-0.1, -0.05) is 23.2 Å². The van der Waals surface area contributed by atoms with Gasteiger partial charge in [-0.25, -0.2) is 8.99 Å². The molecular formula is C18H17Cl2F6N5O2S. The minimum atomic E-state index is -4.85. The molecule has 34 heavy (non-hydrogen) atoms. The molecular weight excluding hydrogens is 535 g/mol. The van der Waals surface area contributed by atoms with Crippen molar-refractivity contribution in [3.8, 4) is 11.8 Å². The van der Waals surface area contributed by atoms with E-state index < -0.39 is 44.0 Å². The average Bonchev–Trinajstić information content (AvgIpc) is 3.13. The first-order valence-corrected chi connectivity index (χ1v) is 11.1. The maximum absolute atomic E-state index is 14.0. The van der Waals surface area contributed by atoms with E-state index in [0.717, 1.165) is 10.4 Å². The molecule has 0 saturated heterocycles. The molecule has 2 rings (SSSR count). The highest BCUT2D eigenvalue weighted by Crippen LogP contribution is 2.39. The van der Waals surface area contributed by atoms with Crippen LogP contribution in [-0.2, 0) is 26.5 Å². The summed E-state index contributed by atoms with van der Waals surface area (Å²) in [6.07, 6.45) is -4.77. The van der Waals surface area contributed by atoms with Crippen molar-refractivity contribution < 1.29 is 35.8 Å². The number of nitrogens with zero attached hydrogens (tertiary/aromatic N) is 5. The number of nitriles is 1. The van der Waals surface area contributed by atoms with Gasteiger partial charge in [-0.2, -0.15) is 41.1 Å². The number of methoxy groups -OCH3 is 2. The molecule has 0 N–H and O–H groups in total. The zero-order valence-electron chi connectivity index (χ0n) is 17.5. The summed E-state index contributed by atoms with van der Waals surface area (Å²) in [5.41, 5.74) is -6.73. The highest BCUT2D eigenvalue weighted by atomic mass is 35.5. The molecule has 0 aliphatic rings. The summed E-state index contributed by atoms with van der Waals surface area (Å²) in [7, 11) is -0.137. The Labute approximate surface area is 203 Å². The Balaban J connectivity index is 2.72. The maximum Gasteiger partial charge on any atom is 0.466 e. The molecule has 1 heterocycles. The first-order valence-electron chi connectivity index (χ1n) is 9.16. The first-order chi connectivity index (χ1) is 15.8. The summed E-state index contributed by atoms with van der Waals surface area (Å²) in [5.74, 6) is -0.486. The molecule has 188 valence electrons. The van der Waals surface area contributed by atoms with Gasteiger partial charge in [-0.15, -0.1) is 0 Å². The smallest absolute Gasteiger partial charge is 0.383 e. The monoisotopic (exact) mass is 551 g/mol. The van der Waals surface area contributed by atoms with Crippen molar-refractivity contribution >= 4 is 39.9 Å². The quantitative estimate of drug-likeness (QED) is 0.383. The summed E-state index contributed by atoms with van der Waals surface area (Å²) in [6.45, 7) is -0.407. The zero-order valence-corrected chi connectivity index (χ0v) is 19.9. The highest BCUT2D eigenvalue weighted by Gasteiger charge is 2.39. The number of rotatable bonds is 9. The van der Waals surface area contributed by atoms with Gasteiger partial charge in [0.15, 0.2) is 11.5 Å². The van der Waals surface area contributed by atoms with E-state index in [4.69, 9.17) is 32.7 Å². The van der Waals surface area contributed by atoms with Gasteiger partial charge in [0, 0.05) is 33.4 Å². The van der Waals surface area contributed by atoms with Gasteiger partial charge in [-0.3, -0.25) is 0 Å². The van der Waals surface area contributed by atoms with E-state index in [1.807, 2.05) is 0 Å². The highest BCUT2D eigenvalue weighted by molar-refractivity contribution is 7.86. The molecule has 1 unspecified atom stereocenters. The van der Waals surface area contributed by atoms with Crippen LogP contribution in [0.2, 0.25) is 10.0 Å². The van der Waals surface area contributed by atoms with Crippen molar-refractivity contribution in [3.63, 3.8) is 0 Å². The zero-order chi connectivity index (χ0) is 25.7. The van der Waals surface area contributed by atoms with Gasteiger partial charge in [0.05, 0.1) is 39.7 Å². The van der Waals surface area contributed by atoms with E-state index in [9.17, 15) is 31.6 Å².